The Labute approximate surface area is 174 Å². The second-order valence-electron chi connectivity index (χ2n) is 6.45. The number of ether oxygens (including phenoxy) is 2. The number of rotatable bonds is 12. The zero-order chi connectivity index (χ0) is 20.4. The number of benzene rings is 2. The molecule has 0 aliphatic rings. The fraction of sp³-hybridized carbons (Fsp3) is 0.429. The Morgan fingerprint density at radius 1 is 1.14 bits per heavy atom. The van der Waals surface area contributed by atoms with Gasteiger partial charge < -0.3 is 25.2 Å². The summed E-state index contributed by atoms with van der Waals surface area (Å²) in [5, 5.41) is 15.7. The molecule has 0 aromatic heterocycles. The number of nitrogens with one attached hydrogen (secondary N) is 2. The van der Waals surface area contributed by atoms with E-state index in [-0.39, 0.29) is 18.5 Å². The van der Waals surface area contributed by atoms with Crippen LogP contribution in [0.1, 0.15) is 25.0 Å². The summed E-state index contributed by atoms with van der Waals surface area (Å²) in [6.45, 7) is 7.09. The molecule has 1 atom stereocenters. The Morgan fingerprint density at radius 3 is 2.61 bits per heavy atom. The molecule has 0 fully saturated rings. The van der Waals surface area contributed by atoms with Crippen molar-refractivity contribution in [2.45, 2.75) is 33.1 Å². The summed E-state index contributed by atoms with van der Waals surface area (Å²) in [4.78, 5) is 0. The molecule has 5 nitrogen and oxygen atoms in total. The minimum Gasteiger partial charge on any atom is -0.490 e. The fourth-order valence-corrected chi connectivity index (χ4v) is 3.22. The largest absolute Gasteiger partial charge is 0.490 e. The Bertz CT molecular complexity index is 744. The van der Waals surface area contributed by atoms with Crippen molar-refractivity contribution in [3.8, 4) is 11.5 Å². The highest BCUT2D eigenvalue weighted by Crippen LogP contribution is 2.37. The van der Waals surface area contributed by atoms with Crippen LogP contribution in [0.4, 0.5) is 4.39 Å². The number of hydrogen-bond acceptors (Lipinski definition) is 5. The van der Waals surface area contributed by atoms with Crippen molar-refractivity contribution in [3.05, 3.63) is 57.8 Å². The molecule has 0 aliphatic carbocycles. The van der Waals surface area contributed by atoms with E-state index >= 15 is 0 Å². The van der Waals surface area contributed by atoms with Crippen LogP contribution in [0.2, 0.25) is 0 Å². The Hall–Kier alpha value is -1.67. The average Bonchev–Trinajstić information content (AvgIpc) is 2.65. The van der Waals surface area contributed by atoms with Gasteiger partial charge in [-0.1, -0.05) is 18.2 Å². The van der Waals surface area contributed by atoms with Gasteiger partial charge in [-0.15, -0.1) is 0 Å². The van der Waals surface area contributed by atoms with Crippen molar-refractivity contribution in [1.29, 1.82) is 0 Å². The molecule has 28 heavy (non-hydrogen) atoms. The van der Waals surface area contributed by atoms with E-state index in [9.17, 15) is 9.50 Å². The van der Waals surface area contributed by atoms with Gasteiger partial charge >= 0.3 is 0 Å². The fourth-order valence-electron chi connectivity index (χ4n) is 2.61. The zero-order valence-electron chi connectivity index (χ0n) is 16.3. The van der Waals surface area contributed by atoms with E-state index in [0.717, 1.165) is 23.1 Å². The third kappa shape index (κ3) is 7.39. The molecule has 0 aliphatic heterocycles. The standard InChI is InChI=1S/C21H28BrFN2O3/c1-3-27-20-11-16(13-25-9-8-24-12-15(2)26)10-18(22)21(20)28-14-17-6-4-5-7-19(17)23/h4-7,10-11,15,24-26H,3,8-9,12-14H2,1-2H3/t15-/m1/s1. The van der Waals surface area contributed by atoms with Crippen molar-refractivity contribution in [1.82, 2.24) is 10.6 Å². The highest BCUT2D eigenvalue weighted by Gasteiger charge is 2.13. The van der Waals surface area contributed by atoms with Gasteiger partial charge in [0.1, 0.15) is 12.4 Å². The summed E-state index contributed by atoms with van der Waals surface area (Å²) in [7, 11) is 0. The second kappa shape index (κ2) is 12.0. The lowest BCUT2D eigenvalue weighted by molar-refractivity contribution is 0.191. The molecule has 2 aromatic carbocycles. The molecule has 0 unspecified atom stereocenters. The SMILES string of the molecule is CCOc1cc(CNCCNC[C@@H](C)O)cc(Br)c1OCc1ccccc1F. The maximum absolute atomic E-state index is 13.8. The molecule has 3 N–H and O–H groups in total. The zero-order valence-corrected chi connectivity index (χ0v) is 17.9. The lowest BCUT2D eigenvalue weighted by Gasteiger charge is -2.16. The van der Waals surface area contributed by atoms with Gasteiger partial charge in [0.25, 0.3) is 0 Å². The number of aliphatic hydroxyl groups is 1. The lowest BCUT2D eigenvalue weighted by atomic mass is 10.2. The average molecular weight is 455 g/mol. The molecule has 0 saturated carbocycles. The van der Waals surface area contributed by atoms with Gasteiger partial charge in [0.2, 0.25) is 0 Å². The molecule has 0 saturated heterocycles. The normalized spacial score (nSPS) is 12.0. The van der Waals surface area contributed by atoms with Crippen molar-refractivity contribution in [2.24, 2.45) is 0 Å². The highest BCUT2D eigenvalue weighted by atomic mass is 79.9. The summed E-state index contributed by atoms with van der Waals surface area (Å²) in [5.41, 5.74) is 1.54. The quantitative estimate of drug-likeness (QED) is 0.427. The van der Waals surface area contributed by atoms with Gasteiger partial charge in [-0.05, 0) is 53.5 Å². The summed E-state index contributed by atoms with van der Waals surface area (Å²) in [5.74, 6) is 0.895. The maximum Gasteiger partial charge on any atom is 0.175 e. The minimum absolute atomic E-state index is 0.123. The van der Waals surface area contributed by atoms with Crippen LogP contribution < -0.4 is 20.1 Å². The predicted octanol–water partition coefficient (Wildman–Crippen LogP) is 3.63. The molecule has 2 rings (SSSR count). The maximum atomic E-state index is 13.8. The van der Waals surface area contributed by atoms with Gasteiger partial charge in [-0.3, -0.25) is 0 Å². The smallest absolute Gasteiger partial charge is 0.175 e. The van der Waals surface area contributed by atoms with Crippen LogP contribution in [-0.2, 0) is 13.2 Å². The minimum atomic E-state index is -0.346. The predicted molar refractivity (Wildman–Crippen MR) is 112 cm³/mol. The molecule has 0 bridgehead atoms. The van der Waals surface area contributed by atoms with Crippen LogP contribution in [-0.4, -0.2) is 37.5 Å². The lowest BCUT2D eigenvalue weighted by Crippen LogP contribution is -2.31. The van der Waals surface area contributed by atoms with Crippen LogP contribution in [0.15, 0.2) is 40.9 Å². The van der Waals surface area contributed by atoms with Gasteiger partial charge in [0.05, 0.1) is 17.2 Å². The van der Waals surface area contributed by atoms with Gasteiger partial charge in [0, 0.05) is 31.7 Å². The Balaban J connectivity index is 1.97. The van der Waals surface area contributed by atoms with Crippen molar-refractivity contribution < 1.29 is 19.0 Å². The van der Waals surface area contributed by atoms with Crippen LogP contribution >= 0.6 is 15.9 Å². The molecule has 0 heterocycles. The molecule has 0 radical (unpaired) electrons. The Morgan fingerprint density at radius 2 is 1.89 bits per heavy atom. The molecule has 0 amide bonds. The van der Waals surface area contributed by atoms with E-state index in [4.69, 9.17) is 9.47 Å². The Kier molecular flexibility index (Phi) is 9.70. The monoisotopic (exact) mass is 454 g/mol. The van der Waals surface area contributed by atoms with E-state index in [0.29, 0.717) is 36.8 Å². The van der Waals surface area contributed by atoms with E-state index in [1.807, 2.05) is 19.1 Å². The summed E-state index contributed by atoms with van der Waals surface area (Å²) in [6, 6.07) is 10.5. The van der Waals surface area contributed by atoms with Crippen LogP contribution in [0, 0.1) is 5.82 Å². The van der Waals surface area contributed by atoms with Crippen LogP contribution in [0.5, 0.6) is 11.5 Å². The summed E-state index contributed by atoms with van der Waals surface area (Å²) >= 11 is 3.54. The molecule has 154 valence electrons. The first-order valence-corrected chi connectivity index (χ1v) is 10.2. The number of halogens is 2. The topological polar surface area (TPSA) is 62.8 Å². The number of aliphatic hydroxyl groups excluding tert-OH is 1. The van der Waals surface area contributed by atoms with E-state index in [1.54, 1.807) is 25.1 Å². The first-order valence-electron chi connectivity index (χ1n) is 9.42. The first kappa shape index (κ1) is 22.6. The summed E-state index contributed by atoms with van der Waals surface area (Å²) in [6.07, 6.45) is -0.346. The van der Waals surface area contributed by atoms with Crippen molar-refractivity contribution >= 4 is 15.9 Å². The third-order valence-electron chi connectivity index (χ3n) is 3.95. The number of hydrogen-bond donors (Lipinski definition) is 3. The van der Waals surface area contributed by atoms with E-state index in [1.165, 1.54) is 6.07 Å². The molecular formula is C21H28BrFN2O3. The van der Waals surface area contributed by atoms with Gasteiger partial charge in [-0.25, -0.2) is 4.39 Å². The second-order valence-corrected chi connectivity index (χ2v) is 7.30. The first-order chi connectivity index (χ1) is 13.5. The van der Waals surface area contributed by atoms with E-state index in [2.05, 4.69) is 26.6 Å². The van der Waals surface area contributed by atoms with Crippen molar-refractivity contribution in [3.63, 3.8) is 0 Å². The molecule has 7 heteroatoms. The third-order valence-corrected chi connectivity index (χ3v) is 4.54. The van der Waals surface area contributed by atoms with Crippen LogP contribution in [0.25, 0.3) is 0 Å². The molecular weight excluding hydrogens is 427 g/mol. The summed E-state index contributed by atoms with van der Waals surface area (Å²) < 4.78 is 26.2. The van der Waals surface area contributed by atoms with E-state index < -0.39 is 0 Å². The molecule has 0 spiro atoms. The van der Waals surface area contributed by atoms with Crippen molar-refractivity contribution in [2.75, 3.05) is 26.2 Å². The van der Waals surface area contributed by atoms with Gasteiger partial charge in [0.15, 0.2) is 11.5 Å². The highest BCUT2D eigenvalue weighted by molar-refractivity contribution is 9.10. The van der Waals surface area contributed by atoms with Gasteiger partial charge in [-0.2, -0.15) is 0 Å². The molecule has 2 aromatic rings. The van der Waals surface area contributed by atoms with Crippen LogP contribution in [0.3, 0.4) is 0 Å².